The Kier molecular flexibility index (Phi) is 3.21. The van der Waals surface area contributed by atoms with E-state index < -0.39 is 0 Å². The molecule has 3 aromatic rings. The third kappa shape index (κ3) is 2.16. The molecule has 0 fully saturated rings. The van der Waals surface area contributed by atoms with Gasteiger partial charge >= 0.3 is 0 Å². The fraction of sp³-hybridized carbons (Fsp3) is 0.125. The summed E-state index contributed by atoms with van der Waals surface area (Å²) in [5.41, 5.74) is 2.83. The van der Waals surface area contributed by atoms with Gasteiger partial charge in [-0.2, -0.15) is 0 Å². The Bertz CT molecular complexity index is 731. The van der Waals surface area contributed by atoms with Gasteiger partial charge in [0.2, 0.25) is 0 Å². The van der Waals surface area contributed by atoms with Crippen LogP contribution < -0.4 is 5.32 Å². The molecule has 0 saturated heterocycles. The Labute approximate surface area is 117 Å². The lowest BCUT2D eigenvalue weighted by Crippen LogP contribution is -2.13. The second-order valence-corrected chi connectivity index (χ2v) is 4.65. The van der Waals surface area contributed by atoms with Crippen LogP contribution in [0.4, 0.5) is 5.82 Å². The summed E-state index contributed by atoms with van der Waals surface area (Å²) >= 11 is 0. The zero-order valence-electron chi connectivity index (χ0n) is 11.3. The summed E-state index contributed by atoms with van der Waals surface area (Å²) in [4.78, 5) is 8.80. The van der Waals surface area contributed by atoms with Gasteiger partial charge in [0, 0.05) is 24.0 Å². The standard InChI is InChI=1S/C16H16N4/c1-3-12(2)18-16-15(13-7-5-4-6-8-13)19-14-11-17-9-10-20(14)16/h3-12,18H,1H2,2H3. The summed E-state index contributed by atoms with van der Waals surface area (Å²) in [6.07, 6.45) is 7.30. The summed E-state index contributed by atoms with van der Waals surface area (Å²) < 4.78 is 2.01. The van der Waals surface area contributed by atoms with E-state index in [1.54, 1.807) is 12.4 Å². The second-order valence-electron chi connectivity index (χ2n) is 4.65. The minimum Gasteiger partial charge on any atom is -0.363 e. The van der Waals surface area contributed by atoms with Crippen LogP contribution in [0.15, 0.2) is 61.6 Å². The maximum absolute atomic E-state index is 4.67. The molecular formula is C16H16N4. The third-order valence-electron chi connectivity index (χ3n) is 3.20. The fourth-order valence-electron chi connectivity index (χ4n) is 2.12. The molecule has 1 aromatic carbocycles. The van der Waals surface area contributed by atoms with Crippen molar-refractivity contribution in [2.45, 2.75) is 13.0 Å². The predicted octanol–water partition coefficient (Wildman–Crippen LogP) is 3.38. The average molecular weight is 264 g/mol. The first kappa shape index (κ1) is 12.4. The number of benzene rings is 1. The molecule has 4 heteroatoms. The summed E-state index contributed by atoms with van der Waals surface area (Å²) in [5.74, 6) is 0.959. The van der Waals surface area contributed by atoms with Crippen molar-refractivity contribution in [3.05, 3.63) is 61.6 Å². The molecule has 0 amide bonds. The Morgan fingerprint density at radius 2 is 2.10 bits per heavy atom. The molecule has 0 bridgehead atoms. The number of rotatable bonds is 4. The van der Waals surface area contributed by atoms with E-state index in [2.05, 4.69) is 40.9 Å². The number of nitrogens with zero attached hydrogens (tertiary/aromatic N) is 3. The van der Waals surface area contributed by atoms with Gasteiger partial charge < -0.3 is 5.32 Å². The van der Waals surface area contributed by atoms with Crippen LogP contribution in [0.1, 0.15) is 6.92 Å². The second kappa shape index (κ2) is 5.17. The van der Waals surface area contributed by atoms with Crippen molar-refractivity contribution in [3.63, 3.8) is 0 Å². The fourth-order valence-corrected chi connectivity index (χ4v) is 2.12. The van der Waals surface area contributed by atoms with E-state index in [9.17, 15) is 0 Å². The lowest BCUT2D eigenvalue weighted by atomic mass is 10.1. The highest BCUT2D eigenvalue weighted by molar-refractivity contribution is 5.76. The van der Waals surface area contributed by atoms with Crippen LogP contribution >= 0.6 is 0 Å². The summed E-state index contributed by atoms with van der Waals surface area (Å²) in [5, 5.41) is 3.44. The van der Waals surface area contributed by atoms with Crippen LogP contribution in [0.3, 0.4) is 0 Å². The molecule has 2 heterocycles. The topological polar surface area (TPSA) is 42.2 Å². The van der Waals surface area contributed by atoms with E-state index in [0.717, 1.165) is 22.7 Å². The number of imidazole rings is 1. The van der Waals surface area contributed by atoms with Crippen molar-refractivity contribution in [3.8, 4) is 11.3 Å². The van der Waals surface area contributed by atoms with E-state index in [-0.39, 0.29) is 6.04 Å². The van der Waals surface area contributed by atoms with Crippen LogP contribution in [0.25, 0.3) is 16.9 Å². The number of hydrogen-bond donors (Lipinski definition) is 1. The van der Waals surface area contributed by atoms with Gasteiger partial charge in [0.1, 0.15) is 11.5 Å². The maximum atomic E-state index is 4.67. The quantitative estimate of drug-likeness (QED) is 0.734. The Hall–Kier alpha value is -2.62. The van der Waals surface area contributed by atoms with Crippen molar-refractivity contribution in [2.75, 3.05) is 5.32 Å². The molecule has 4 nitrogen and oxygen atoms in total. The van der Waals surface area contributed by atoms with E-state index in [1.165, 1.54) is 0 Å². The van der Waals surface area contributed by atoms with Crippen molar-refractivity contribution < 1.29 is 0 Å². The van der Waals surface area contributed by atoms with E-state index in [1.807, 2.05) is 34.9 Å². The molecule has 2 aromatic heterocycles. The van der Waals surface area contributed by atoms with Crippen LogP contribution in [-0.2, 0) is 0 Å². The molecule has 20 heavy (non-hydrogen) atoms. The largest absolute Gasteiger partial charge is 0.363 e. The van der Waals surface area contributed by atoms with Gasteiger partial charge in [0.25, 0.3) is 0 Å². The Morgan fingerprint density at radius 1 is 1.30 bits per heavy atom. The van der Waals surface area contributed by atoms with Crippen molar-refractivity contribution >= 4 is 11.5 Å². The summed E-state index contributed by atoms with van der Waals surface area (Å²) in [6, 6.07) is 10.3. The van der Waals surface area contributed by atoms with Gasteiger partial charge in [-0.05, 0) is 6.92 Å². The summed E-state index contributed by atoms with van der Waals surface area (Å²) in [6.45, 7) is 5.88. The lowest BCUT2D eigenvalue weighted by Gasteiger charge is -2.12. The minimum absolute atomic E-state index is 0.158. The Morgan fingerprint density at radius 3 is 2.85 bits per heavy atom. The van der Waals surface area contributed by atoms with E-state index in [0.29, 0.717) is 0 Å². The van der Waals surface area contributed by atoms with Gasteiger partial charge in [-0.1, -0.05) is 36.4 Å². The van der Waals surface area contributed by atoms with E-state index >= 15 is 0 Å². The zero-order valence-corrected chi connectivity index (χ0v) is 11.3. The molecule has 0 radical (unpaired) electrons. The molecular weight excluding hydrogens is 248 g/mol. The third-order valence-corrected chi connectivity index (χ3v) is 3.20. The first-order valence-corrected chi connectivity index (χ1v) is 6.56. The highest BCUT2D eigenvalue weighted by Crippen LogP contribution is 2.28. The monoisotopic (exact) mass is 264 g/mol. The van der Waals surface area contributed by atoms with Crippen molar-refractivity contribution in [1.29, 1.82) is 0 Å². The SMILES string of the molecule is C=CC(C)Nc1c(-c2ccccc2)nc2cnccn12. The van der Waals surface area contributed by atoms with Gasteiger partial charge in [-0.3, -0.25) is 9.38 Å². The lowest BCUT2D eigenvalue weighted by molar-refractivity contribution is 0.972. The molecule has 0 spiro atoms. The van der Waals surface area contributed by atoms with Crippen molar-refractivity contribution in [2.24, 2.45) is 0 Å². The molecule has 0 aliphatic heterocycles. The first-order valence-electron chi connectivity index (χ1n) is 6.56. The highest BCUT2D eigenvalue weighted by atomic mass is 15.1. The molecule has 0 saturated carbocycles. The molecule has 1 unspecified atom stereocenters. The molecule has 1 atom stereocenters. The molecule has 0 aliphatic carbocycles. The first-order chi connectivity index (χ1) is 9.79. The van der Waals surface area contributed by atoms with Crippen LogP contribution in [0.5, 0.6) is 0 Å². The minimum atomic E-state index is 0.158. The van der Waals surface area contributed by atoms with Crippen LogP contribution in [0, 0.1) is 0 Å². The van der Waals surface area contributed by atoms with Crippen LogP contribution in [0.2, 0.25) is 0 Å². The molecule has 0 aliphatic rings. The number of aromatic nitrogens is 3. The molecule has 1 N–H and O–H groups in total. The van der Waals surface area contributed by atoms with E-state index in [4.69, 9.17) is 0 Å². The number of nitrogens with one attached hydrogen (secondary N) is 1. The predicted molar refractivity (Wildman–Crippen MR) is 81.7 cm³/mol. The van der Waals surface area contributed by atoms with Gasteiger partial charge in [-0.25, -0.2) is 4.98 Å². The normalized spacial score (nSPS) is 12.2. The molecule has 100 valence electrons. The van der Waals surface area contributed by atoms with Gasteiger partial charge in [-0.15, -0.1) is 6.58 Å². The Balaban J connectivity index is 2.20. The number of anilines is 1. The van der Waals surface area contributed by atoms with Gasteiger partial charge in [0.15, 0.2) is 5.65 Å². The average Bonchev–Trinajstić information content (AvgIpc) is 2.87. The summed E-state index contributed by atoms with van der Waals surface area (Å²) in [7, 11) is 0. The zero-order chi connectivity index (χ0) is 13.9. The maximum Gasteiger partial charge on any atom is 0.157 e. The molecule has 3 rings (SSSR count). The number of hydrogen-bond acceptors (Lipinski definition) is 3. The smallest absolute Gasteiger partial charge is 0.157 e. The van der Waals surface area contributed by atoms with Crippen LogP contribution in [-0.4, -0.2) is 20.4 Å². The number of fused-ring (bicyclic) bond motifs is 1. The van der Waals surface area contributed by atoms with Crippen molar-refractivity contribution in [1.82, 2.24) is 14.4 Å². The van der Waals surface area contributed by atoms with Gasteiger partial charge in [0.05, 0.1) is 6.20 Å². The highest BCUT2D eigenvalue weighted by Gasteiger charge is 2.14.